The number of nitro benzene ring substituents is 1. The lowest BCUT2D eigenvalue weighted by Gasteiger charge is -2.34. The van der Waals surface area contributed by atoms with Crippen molar-refractivity contribution in [2.45, 2.75) is 37.6 Å². The molecule has 102 valence electrons. The van der Waals surface area contributed by atoms with Gasteiger partial charge < -0.3 is 5.73 Å². The summed E-state index contributed by atoms with van der Waals surface area (Å²) in [5.41, 5.74) is 7.35. The summed E-state index contributed by atoms with van der Waals surface area (Å²) in [6.45, 7) is 0. The van der Waals surface area contributed by atoms with Crippen molar-refractivity contribution in [3.05, 3.63) is 38.9 Å². The number of benzene rings is 1. The fourth-order valence-electron chi connectivity index (χ4n) is 3.85. The number of halogens is 1. The topological polar surface area (TPSA) is 69.2 Å². The molecule has 1 aromatic rings. The Morgan fingerprint density at radius 2 is 2.26 bits per heavy atom. The van der Waals surface area contributed by atoms with E-state index in [0.717, 1.165) is 24.3 Å². The Morgan fingerprint density at radius 1 is 1.47 bits per heavy atom. The van der Waals surface area contributed by atoms with Crippen molar-refractivity contribution in [1.82, 2.24) is 0 Å². The van der Waals surface area contributed by atoms with Gasteiger partial charge in [0.25, 0.3) is 5.69 Å². The Hall–Kier alpha value is -1.13. The van der Waals surface area contributed by atoms with Gasteiger partial charge in [-0.25, -0.2) is 0 Å². The van der Waals surface area contributed by atoms with Gasteiger partial charge in [-0.2, -0.15) is 0 Å². The Morgan fingerprint density at radius 3 is 2.79 bits per heavy atom. The molecule has 0 spiro atoms. The molecule has 0 aliphatic heterocycles. The number of nitrogens with two attached hydrogens (primary N) is 1. The van der Waals surface area contributed by atoms with Gasteiger partial charge in [-0.1, -0.05) is 24.1 Å². The summed E-state index contributed by atoms with van der Waals surface area (Å²) in [4.78, 5) is 10.3. The van der Waals surface area contributed by atoms with E-state index in [9.17, 15) is 10.1 Å². The van der Waals surface area contributed by atoms with Crippen LogP contribution >= 0.6 is 11.6 Å². The summed E-state index contributed by atoms with van der Waals surface area (Å²) in [6.07, 6.45) is 5.54. The van der Waals surface area contributed by atoms with Crippen LogP contribution in [-0.4, -0.2) is 10.5 Å². The van der Waals surface area contributed by atoms with E-state index < -0.39 is 4.92 Å². The van der Waals surface area contributed by atoms with E-state index in [1.807, 2.05) is 0 Å². The van der Waals surface area contributed by atoms with Crippen LogP contribution in [0.5, 0.6) is 0 Å². The highest BCUT2D eigenvalue weighted by Crippen LogP contribution is 2.51. The molecule has 0 heterocycles. The number of non-ortho nitro benzene ring substituents is 1. The van der Waals surface area contributed by atoms with Crippen LogP contribution in [-0.2, 0) is 6.42 Å². The quantitative estimate of drug-likeness (QED) is 0.682. The summed E-state index contributed by atoms with van der Waals surface area (Å²) in [6, 6.07) is 4.69. The van der Waals surface area contributed by atoms with E-state index in [-0.39, 0.29) is 11.2 Å². The maximum atomic E-state index is 10.7. The fourth-order valence-corrected chi connectivity index (χ4v) is 4.09. The molecule has 0 amide bonds. The Balaban J connectivity index is 1.82. The van der Waals surface area contributed by atoms with Crippen LogP contribution < -0.4 is 5.73 Å². The third kappa shape index (κ3) is 2.23. The van der Waals surface area contributed by atoms with Crippen molar-refractivity contribution in [2.24, 2.45) is 17.6 Å². The molecule has 2 N–H and O–H groups in total. The van der Waals surface area contributed by atoms with Gasteiger partial charge in [-0.3, -0.25) is 10.1 Å². The maximum absolute atomic E-state index is 10.7. The number of hydrogen-bond acceptors (Lipinski definition) is 3. The van der Waals surface area contributed by atoms with Gasteiger partial charge in [0.1, 0.15) is 0 Å². The average molecular weight is 281 g/mol. The van der Waals surface area contributed by atoms with E-state index in [0.29, 0.717) is 10.9 Å². The fraction of sp³-hybridized carbons (Fsp3) is 0.571. The van der Waals surface area contributed by atoms with Gasteiger partial charge in [0, 0.05) is 17.7 Å². The number of rotatable bonds is 3. The van der Waals surface area contributed by atoms with Crippen molar-refractivity contribution in [3.63, 3.8) is 0 Å². The van der Waals surface area contributed by atoms with Crippen LogP contribution in [0.3, 0.4) is 0 Å². The molecule has 3 atom stereocenters. The van der Waals surface area contributed by atoms with Crippen LogP contribution in [0.1, 0.15) is 31.2 Å². The number of hydrogen-bond donors (Lipinski definition) is 1. The number of fused-ring (bicyclic) bond motifs is 2. The molecule has 5 heteroatoms. The molecule has 3 unspecified atom stereocenters. The van der Waals surface area contributed by atoms with Gasteiger partial charge in [0.05, 0.1) is 9.95 Å². The molecule has 2 bridgehead atoms. The lowest BCUT2D eigenvalue weighted by molar-refractivity contribution is -0.384. The zero-order valence-corrected chi connectivity index (χ0v) is 11.4. The molecule has 3 rings (SSSR count). The van der Waals surface area contributed by atoms with Gasteiger partial charge in [-0.05, 0) is 43.1 Å². The molecule has 2 aliphatic rings. The molecule has 2 aliphatic carbocycles. The first kappa shape index (κ1) is 12.9. The highest BCUT2D eigenvalue weighted by atomic mass is 35.5. The minimum Gasteiger partial charge on any atom is -0.325 e. The van der Waals surface area contributed by atoms with Gasteiger partial charge >= 0.3 is 0 Å². The van der Waals surface area contributed by atoms with Crippen molar-refractivity contribution < 1.29 is 4.92 Å². The minimum atomic E-state index is -0.425. The summed E-state index contributed by atoms with van der Waals surface area (Å²) in [7, 11) is 0. The van der Waals surface area contributed by atoms with Crippen LogP contribution in [0.25, 0.3) is 0 Å². The van der Waals surface area contributed by atoms with Gasteiger partial charge in [-0.15, -0.1) is 0 Å². The number of nitro groups is 1. The average Bonchev–Trinajstić information content (AvgIpc) is 2.91. The lowest BCUT2D eigenvalue weighted by Crippen LogP contribution is -2.47. The molecule has 4 nitrogen and oxygen atoms in total. The normalized spacial score (nSPS) is 32.7. The van der Waals surface area contributed by atoms with Crippen molar-refractivity contribution in [2.75, 3.05) is 0 Å². The molecule has 0 aromatic heterocycles. The van der Waals surface area contributed by atoms with Crippen molar-refractivity contribution in [1.29, 1.82) is 0 Å². The standard InChI is InChI=1S/C14H17ClN2O2/c15-13-6-12(17(18)19)4-2-10(13)8-14(16)7-9-1-3-11(14)5-9/h2,4,6,9,11H,1,3,5,7-8,16H2. The summed E-state index contributed by atoms with van der Waals surface area (Å²) in [5.74, 6) is 1.36. The minimum absolute atomic E-state index is 0.0350. The largest absolute Gasteiger partial charge is 0.325 e. The second kappa shape index (κ2) is 4.46. The molecular formula is C14H17ClN2O2. The molecule has 19 heavy (non-hydrogen) atoms. The highest BCUT2D eigenvalue weighted by molar-refractivity contribution is 6.31. The molecule has 0 saturated heterocycles. The highest BCUT2D eigenvalue weighted by Gasteiger charge is 2.48. The molecule has 2 fully saturated rings. The second-order valence-electron chi connectivity index (χ2n) is 6.02. The monoisotopic (exact) mass is 280 g/mol. The number of nitrogens with zero attached hydrogens (tertiary/aromatic N) is 1. The van der Waals surface area contributed by atoms with E-state index >= 15 is 0 Å². The van der Waals surface area contributed by atoms with Crippen LogP contribution in [0, 0.1) is 22.0 Å². The van der Waals surface area contributed by atoms with Crippen molar-refractivity contribution >= 4 is 17.3 Å². The summed E-state index contributed by atoms with van der Waals surface area (Å²) < 4.78 is 0. The predicted molar refractivity (Wildman–Crippen MR) is 74.2 cm³/mol. The Kier molecular flexibility index (Phi) is 3.02. The zero-order valence-electron chi connectivity index (χ0n) is 10.6. The van der Waals surface area contributed by atoms with Gasteiger partial charge in [0.15, 0.2) is 0 Å². The molecule has 2 saturated carbocycles. The second-order valence-corrected chi connectivity index (χ2v) is 6.43. The Bertz CT molecular complexity index is 534. The lowest BCUT2D eigenvalue weighted by atomic mass is 9.77. The predicted octanol–water partition coefficient (Wildman–Crippen LogP) is 3.31. The summed E-state index contributed by atoms with van der Waals surface area (Å²) >= 11 is 6.16. The smallest absolute Gasteiger partial charge is 0.270 e. The van der Waals surface area contributed by atoms with Crippen LogP contribution in [0.4, 0.5) is 5.69 Å². The summed E-state index contributed by atoms with van der Waals surface area (Å²) in [5, 5.41) is 11.2. The van der Waals surface area contributed by atoms with E-state index in [1.54, 1.807) is 6.07 Å². The van der Waals surface area contributed by atoms with Crippen LogP contribution in [0.15, 0.2) is 18.2 Å². The molecule has 0 radical (unpaired) electrons. The first-order valence-electron chi connectivity index (χ1n) is 6.70. The van der Waals surface area contributed by atoms with Crippen molar-refractivity contribution in [3.8, 4) is 0 Å². The van der Waals surface area contributed by atoms with E-state index in [2.05, 4.69) is 0 Å². The first-order valence-corrected chi connectivity index (χ1v) is 7.07. The first-order chi connectivity index (χ1) is 8.98. The SMILES string of the molecule is NC1(Cc2ccc([N+](=O)[O-])cc2Cl)CC2CCC1C2. The third-order valence-electron chi connectivity index (χ3n) is 4.79. The maximum Gasteiger partial charge on any atom is 0.270 e. The molecule has 1 aromatic carbocycles. The van der Waals surface area contributed by atoms with E-state index in [1.165, 1.54) is 31.4 Å². The van der Waals surface area contributed by atoms with Gasteiger partial charge in [0.2, 0.25) is 0 Å². The van der Waals surface area contributed by atoms with Crippen LogP contribution in [0.2, 0.25) is 5.02 Å². The van der Waals surface area contributed by atoms with E-state index in [4.69, 9.17) is 17.3 Å². The third-order valence-corrected chi connectivity index (χ3v) is 5.14. The zero-order chi connectivity index (χ0) is 13.6. The Labute approximate surface area is 117 Å². The molecular weight excluding hydrogens is 264 g/mol.